The summed E-state index contributed by atoms with van der Waals surface area (Å²) >= 11 is 3.36. The van der Waals surface area contributed by atoms with Gasteiger partial charge in [-0.1, -0.05) is 18.2 Å². The number of aryl methyl sites for hydroxylation is 1. The minimum absolute atomic E-state index is 0.101. The lowest BCUT2D eigenvalue weighted by molar-refractivity contribution is -0.116. The van der Waals surface area contributed by atoms with E-state index < -0.39 is 6.04 Å². The monoisotopic (exact) mass is 348 g/mol. The number of fused-ring (bicyclic) bond motifs is 1. The number of hydrogen-bond donors (Lipinski definition) is 2. The van der Waals surface area contributed by atoms with Gasteiger partial charge in [0.1, 0.15) is 11.9 Å². The lowest BCUT2D eigenvalue weighted by Crippen LogP contribution is -2.33. The van der Waals surface area contributed by atoms with E-state index >= 15 is 0 Å². The smallest absolute Gasteiger partial charge is 0.246 e. The van der Waals surface area contributed by atoms with E-state index in [9.17, 15) is 9.18 Å². The van der Waals surface area contributed by atoms with Crippen molar-refractivity contribution in [3.05, 3.63) is 58.3 Å². The molecule has 1 heterocycles. The predicted octanol–water partition coefficient (Wildman–Crippen LogP) is 3.95. The fourth-order valence-electron chi connectivity index (χ4n) is 2.44. The summed E-state index contributed by atoms with van der Waals surface area (Å²) in [4.78, 5) is 12.3. The zero-order chi connectivity index (χ0) is 14.8. The number of carbonyl (C=O) groups is 1. The van der Waals surface area contributed by atoms with Crippen LogP contribution in [0.4, 0.5) is 15.8 Å². The molecule has 0 spiro atoms. The highest BCUT2D eigenvalue weighted by Crippen LogP contribution is 2.27. The molecule has 1 atom stereocenters. The molecule has 5 heteroatoms. The SMILES string of the molecule is O=C1Nc2ccccc2CCC1Nc1cc(F)ccc1Br. The van der Waals surface area contributed by atoms with Gasteiger partial charge in [0.05, 0.1) is 5.69 Å². The number of anilines is 2. The highest BCUT2D eigenvalue weighted by Gasteiger charge is 2.23. The number of hydrogen-bond acceptors (Lipinski definition) is 2. The number of amides is 1. The van der Waals surface area contributed by atoms with E-state index in [0.717, 1.165) is 22.1 Å². The Hall–Kier alpha value is -1.88. The second-order valence-corrected chi connectivity index (χ2v) is 5.86. The van der Waals surface area contributed by atoms with Crippen molar-refractivity contribution in [2.24, 2.45) is 0 Å². The van der Waals surface area contributed by atoms with Crippen LogP contribution in [-0.4, -0.2) is 11.9 Å². The average Bonchev–Trinajstić information content (AvgIpc) is 2.62. The molecule has 108 valence electrons. The molecular weight excluding hydrogens is 335 g/mol. The average molecular weight is 349 g/mol. The van der Waals surface area contributed by atoms with E-state index in [1.807, 2.05) is 24.3 Å². The molecule has 1 unspecified atom stereocenters. The Bertz CT molecular complexity index is 690. The molecule has 1 aliphatic rings. The van der Waals surface area contributed by atoms with Crippen molar-refractivity contribution in [3.8, 4) is 0 Å². The van der Waals surface area contributed by atoms with Crippen molar-refractivity contribution in [3.63, 3.8) is 0 Å². The highest BCUT2D eigenvalue weighted by atomic mass is 79.9. The number of para-hydroxylation sites is 1. The van der Waals surface area contributed by atoms with Crippen LogP contribution in [0.15, 0.2) is 46.9 Å². The van der Waals surface area contributed by atoms with E-state index in [0.29, 0.717) is 12.1 Å². The van der Waals surface area contributed by atoms with Gasteiger partial charge in [0, 0.05) is 10.2 Å². The first kappa shape index (κ1) is 14.1. The molecule has 0 saturated heterocycles. The zero-order valence-electron chi connectivity index (χ0n) is 11.2. The second-order valence-electron chi connectivity index (χ2n) is 5.01. The first-order valence-corrected chi connectivity index (χ1v) is 7.53. The molecule has 2 aromatic rings. The van der Waals surface area contributed by atoms with E-state index in [4.69, 9.17) is 0 Å². The highest BCUT2D eigenvalue weighted by molar-refractivity contribution is 9.10. The summed E-state index contributed by atoms with van der Waals surface area (Å²) < 4.78 is 14.1. The van der Waals surface area contributed by atoms with Gasteiger partial charge in [0.2, 0.25) is 5.91 Å². The molecule has 1 amide bonds. The maximum atomic E-state index is 13.3. The van der Waals surface area contributed by atoms with Crippen molar-refractivity contribution in [2.75, 3.05) is 10.6 Å². The molecule has 21 heavy (non-hydrogen) atoms. The molecule has 0 radical (unpaired) electrons. The number of carbonyl (C=O) groups excluding carboxylic acids is 1. The van der Waals surface area contributed by atoms with Crippen molar-refractivity contribution >= 4 is 33.2 Å². The van der Waals surface area contributed by atoms with Gasteiger partial charge in [-0.3, -0.25) is 4.79 Å². The van der Waals surface area contributed by atoms with Gasteiger partial charge >= 0.3 is 0 Å². The van der Waals surface area contributed by atoms with Crippen LogP contribution in [0.5, 0.6) is 0 Å². The second kappa shape index (κ2) is 5.85. The summed E-state index contributed by atoms with van der Waals surface area (Å²) in [5, 5.41) is 6.03. The molecule has 3 nitrogen and oxygen atoms in total. The van der Waals surface area contributed by atoms with E-state index in [1.54, 1.807) is 6.07 Å². The zero-order valence-corrected chi connectivity index (χ0v) is 12.8. The third kappa shape index (κ3) is 3.08. The molecule has 0 saturated carbocycles. The maximum absolute atomic E-state index is 13.3. The van der Waals surface area contributed by atoms with Crippen molar-refractivity contribution in [1.29, 1.82) is 0 Å². The van der Waals surface area contributed by atoms with Crippen LogP contribution in [0, 0.1) is 5.82 Å². The van der Waals surface area contributed by atoms with Crippen LogP contribution in [0.3, 0.4) is 0 Å². The van der Waals surface area contributed by atoms with Crippen LogP contribution >= 0.6 is 15.9 Å². The summed E-state index contributed by atoms with van der Waals surface area (Å²) in [6.07, 6.45) is 1.45. The fraction of sp³-hybridized carbons (Fsp3) is 0.188. The quantitative estimate of drug-likeness (QED) is 0.862. The maximum Gasteiger partial charge on any atom is 0.246 e. The standard InChI is InChI=1S/C16H14BrFN2O/c17-12-7-6-11(18)9-15(12)19-14-8-5-10-3-1-2-4-13(10)20-16(14)21/h1-4,6-7,9,14,19H,5,8H2,(H,20,21). The van der Waals surface area contributed by atoms with Crippen molar-refractivity contribution in [2.45, 2.75) is 18.9 Å². The van der Waals surface area contributed by atoms with Crippen molar-refractivity contribution < 1.29 is 9.18 Å². The lowest BCUT2D eigenvalue weighted by Gasteiger charge is -2.17. The molecule has 2 aromatic carbocycles. The molecular formula is C16H14BrFN2O. The Kier molecular flexibility index (Phi) is 3.92. The molecule has 0 bridgehead atoms. The Morgan fingerprint density at radius 2 is 2.05 bits per heavy atom. The first-order valence-electron chi connectivity index (χ1n) is 6.74. The molecule has 2 N–H and O–H groups in total. The van der Waals surface area contributed by atoms with Gasteiger partial charge in [-0.2, -0.15) is 0 Å². The normalized spacial score (nSPS) is 17.6. The molecule has 1 aliphatic heterocycles. The predicted molar refractivity (Wildman–Crippen MR) is 84.9 cm³/mol. The Morgan fingerprint density at radius 1 is 1.24 bits per heavy atom. The summed E-state index contributed by atoms with van der Waals surface area (Å²) in [5.41, 5.74) is 2.56. The van der Waals surface area contributed by atoms with Crippen LogP contribution in [0.1, 0.15) is 12.0 Å². The largest absolute Gasteiger partial charge is 0.373 e. The van der Waals surface area contributed by atoms with Gasteiger partial charge in [-0.05, 0) is 58.6 Å². The van der Waals surface area contributed by atoms with Gasteiger partial charge in [0.15, 0.2) is 0 Å². The van der Waals surface area contributed by atoms with Gasteiger partial charge in [-0.25, -0.2) is 4.39 Å². The summed E-state index contributed by atoms with van der Waals surface area (Å²) in [5.74, 6) is -0.436. The number of rotatable bonds is 2. The van der Waals surface area contributed by atoms with E-state index in [-0.39, 0.29) is 11.7 Å². The number of nitrogens with one attached hydrogen (secondary N) is 2. The van der Waals surface area contributed by atoms with Crippen LogP contribution in [0.2, 0.25) is 0 Å². The third-order valence-electron chi connectivity index (χ3n) is 3.55. The minimum atomic E-state index is -0.393. The Labute approximate surface area is 130 Å². The van der Waals surface area contributed by atoms with Crippen molar-refractivity contribution in [1.82, 2.24) is 0 Å². The topological polar surface area (TPSA) is 41.1 Å². The third-order valence-corrected chi connectivity index (χ3v) is 4.24. The first-order chi connectivity index (χ1) is 10.1. The number of benzene rings is 2. The summed E-state index contributed by atoms with van der Waals surface area (Å²) in [6.45, 7) is 0. The fourth-order valence-corrected chi connectivity index (χ4v) is 2.81. The Morgan fingerprint density at radius 3 is 2.90 bits per heavy atom. The van der Waals surface area contributed by atoms with Gasteiger partial charge in [0.25, 0.3) is 0 Å². The van der Waals surface area contributed by atoms with E-state index in [2.05, 4.69) is 26.6 Å². The van der Waals surface area contributed by atoms with Crippen LogP contribution < -0.4 is 10.6 Å². The Balaban J connectivity index is 1.81. The van der Waals surface area contributed by atoms with E-state index in [1.165, 1.54) is 12.1 Å². The summed E-state index contributed by atoms with van der Waals surface area (Å²) in [6, 6.07) is 11.8. The molecule has 3 rings (SSSR count). The number of halogens is 2. The molecule has 0 aromatic heterocycles. The van der Waals surface area contributed by atoms with Gasteiger partial charge in [-0.15, -0.1) is 0 Å². The van der Waals surface area contributed by atoms with Crippen LogP contribution in [0.25, 0.3) is 0 Å². The van der Waals surface area contributed by atoms with Gasteiger partial charge < -0.3 is 10.6 Å². The molecule has 0 aliphatic carbocycles. The lowest BCUT2D eigenvalue weighted by atomic mass is 10.1. The minimum Gasteiger partial charge on any atom is -0.373 e. The summed E-state index contributed by atoms with van der Waals surface area (Å²) in [7, 11) is 0. The molecule has 0 fully saturated rings. The van der Waals surface area contributed by atoms with Crippen LogP contribution in [-0.2, 0) is 11.2 Å².